The highest BCUT2D eigenvalue weighted by Gasteiger charge is 2.46. The predicted octanol–water partition coefficient (Wildman–Crippen LogP) is 4.72. The minimum Gasteiger partial charge on any atom is -0.507 e. The maximum Gasteiger partial charge on any atom is 0.295 e. The van der Waals surface area contributed by atoms with Crippen LogP contribution in [0.2, 0.25) is 0 Å². The lowest BCUT2D eigenvalue weighted by Gasteiger charge is -2.26. The number of fused-ring (bicyclic) bond motifs is 1. The van der Waals surface area contributed by atoms with Gasteiger partial charge in [0.2, 0.25) is 0 Å². The highest BCUT2D eigenvalue weighted by molar-refractivity contribution is 6.46. The van der Waals surface area contributed by atoms with Crippen molar-refractivity contribution in [2.24, 2.45) is 0 Å². The van der Waals surface area contributed by atoms with Crippen molar-refractivity contribution in [1.82, 2.24) is 14.8 Å². The van der Waals surface area contributed by atoms with E-state index < -0.39 is 17.7 Å². The molecule has 2 heterocycles. The Morgan fingerprint density at radius 3 is 2.54 bits per heavy atom. The number of ketones is 1. The number of carbonyl (C=O) groups excluding carboxylic acids is 2. The van der Waals surface area contributed by atoms with Gasteiger partial charge in [-0.2, -0.15) is 0 Å². The quantitative estimate of drug-likeness (QED) is 0.192. The van der Waals surface area contributed by atoms with Gasteiger partial charge in [0.1, 0.15) is 11.5 Å². The number of H-pyrrole nitrogens is 1. The molecule has 0 bridgehead atoms. The fraction of sp³-hybridized carbons (Fsp3) is 0.357. The van der Waals surface area contributed by atoms with Crippen LogP contribution in [0.25, 0.3) is 16.7 Å². The molecule has 0 spiro atoms. The Morgan fingerprint density at radius 2 is 1.83 bits per heavy atom. The lowest BCUT2D eigenvalue weighted by Crippen LogP contribution is -2.35. The number of nitrogens with zero attached hydrogens (tertiary/aromatic N) is 2. The average Bonchev–Trinajstić information content (AvgIpc) is 3.39. The summed E-state index contributed by atoms with van der Waals surface area (Å²) in [4.78, 5) is 33.1. The van der Waals surface area contributed by atoms with Crippen LogP contribution in [0.3, 0.4) is 0 Å². The molecule has 3 aromatic rings. The van der Waals surface area contributed by atoms with Crippen molar-refractivity contribution in [3.8, 4) is 5.75 Å². The maximum absolute atomic E-state index is 13.2. The van der Waals surface area contributed by atoms with Gasteiger partial charge in [0.05, 0.1) is 18.2 Å². The first-order valence-corrected chi connectivity index (χ1v) is 12.1. The smallest absolute Gasteiger partial charge is 0.295 e. The van der Waals surface area contributed by atoms with E-state index in [1.165, 1.54) is 0 Å². The van der Waals surface area contributed by atoms with E-state index in [9.17, 15) is 14.7 Å². The molecule has 7 nitrogen and oxygen atoms in total. The Kier molecular flexibility index (Phi) is 7.56. The number of likely N-dealkylation sites (N-methyl/N-ethyl adjacent to an activating group) is 1. The second-order valence-electron chi connectivity index (χ2n) is 9.17. The Balaban J connectivity index is 1.73. The van der Waals surface area contributed by atoms with Gasteiger partial charge in [0.15, 0.2) is 0 Å². The first kappa shape index (κ1) is 24.5. The van der Waals surface area contributed by atoms with Crippen molar-refractivity contribution >= 4 is 28.4 Å². The molecule has 0 radical (unpaired) electrons. The number of unbranched alkanes of at least 4 members (excludes halogenated alkanes) is 2. The van der Waals surface area contributed by atoms with Crippen LogP contribution >= 0.6 is 0 Å². The molecule has 184 valence electrons. The van der Waals surface area contributed by atoms with Crippen LogP contribution in [0, 0.1) is 0 Å². The van der Waals surface area contributed by atoms with Crippen molar-refractivity contribution in [2.75, 3.05) is 33.8 Å². The van der Waals surface area contributed by atoms with E-state index in [0.717, 1.165) is 35.7 Å². The summed E-state index contributed by atoms with van der Waals surface area (Å²) in [5.74, 6) is -0.739. The van der Waals surface area contributed by atoms with Crippen LogP contribution in [0.5, 0.6) is 5.75 Å². The summed E-state index contributed by atoms with van der Waals surface area (Å²) in [5, 5.41) is 12.2. The van der Waals surface area contributed by atoms with Crippen molar-refractivity contribution < 1.29 is 19.4 Å². The van der Waals surface area contributed by atoms with Crippen molar-refractivity contribution in [1.29, 1.82) is 0 Å². The molecule has 1 aromatic heterocycles. The molecule has 1 unspecified atom stereocenters. The molecule has 0 aliphatic carbocycles. The van der Waals surface area contributed by atoms with Gasteiger partial charge in [-0.05, 0) is 50.8 Å². The SMILES string of the molecule is CCCCCOc1ccc(/C(O)=C2\C(=O)C(=O)N(CCN(C)C)C2c2c[nH]c3ccccc23)cc1. The number of likely N-dealkylation sites (tertiary alicyclic amines) is 1. The highest BCUT2D eigenvalue weighted by atomic mass is 16.5. The van der Waals surface area contributed by atoms with Crippen LogP contribution in [0.1, 0.15) is 43.4 Å². The summed E-state index contributed by atoms with van der Waals surface area (Å²) in [5.41, 5.74) is 2.28. The van der Waals surface area contributed by atoms with Gasteiger partial charge in [0, 0.05) is 41.3 Å². The molecule has 1 atom stereocenters. The van der Waals surface area contributed by atoms with Crippen molar-refractivity contribution in [2.45, 2.75) is 32.2 Å². The number of carbonyl (C=O) groups is 2. The summed E-state index contributed by atoms with van der Waals surface area (Å²) in [7, 11) is 3.84. The molecule has 1 amide bonds. The fourth-order valence-electron chi connectivity index (χ4n) is 4.47. The topological polar surface area (TPSA) is 85.9 Å². The third-order valence-corrected chi connectivity index (χ3v) is 6.39. The van der Waals surface area contributed by atoms with Gasteiger partial charge < -0.3 is 24.6 Å². The van der Waals surface area contributed by atoms with Gasteiger partial charge >= 0.3 is 0 Å². The van der Waals surface area contributed by atoms with Gasteiger partial charge in [-0.1, -0.05) is 38.0 Å². The number of benzene rings is 2. The maximum atomic E-state index is 13.2. The van der Waals surface area contributed by atoms with E-state index in [0.29, 0.717) is 31.0 Å². The van der Waals surface area contributed by atoms with Gasteiger partial charge in [-0.3, -0.25) is 9.59 Å². The molecule has 2 aromatic carbocycles. The molecular formula is C28H33N3O4. The monoisotopic (exact) mass is 475 g/mol. The van der Waals surface area contributed by atoms with E-state index in [-0.39, 0.29) is 11.3 Å². The molecular weight excluding hydrogens is 442 g/mol. The zero-order valence-corrected chi connectivity index (χ0v) is 20.6. The number of para-hydroxylation sites is 1. The number of aliphatic hydroxyl groups is 1. The number of hydrogen-bond acceptors (Lipinski definition) is 5. The second-order valence-corrected chi connectivity index (χ2v) is 9.17. The number of amides is 1. The number of hydrogen-bond donors (Lipinski definition) is 2. The van der Waals surface area contributed by atoms with Crippen LogP contribution in [0.15, 0.2) is 60.3 Å². The third-order valence-electron chi connectivity index (χ3n) is 6.39. The zero-order valence-electron chi connectivity index (χ0n) is 20.6. The number of rotatable bonds is 10. The number of aromatic amines is 1. The van der Waals surface area contributed by atoms with Gasteiger partial charge in [0.25, 0.3) is 11.7 Å². The van der Waals surface area contributed by atoms with E-state index in [1.54, 1.807) is 29.2 Å². The number of nitrogens with one attached hydrogen (secondary N) is 1. The molecule has 2 N–H and O–H groups in total. The third kappa shape index (κ3) is 5.10. The Labute approximate surface area is 206 Å². The summed E-state index contributed by atoms with van der Waals surface area (Å²) in [6, 6.07) is 14.1. The number of aliphatic hydroxyl groups excluding tert-OH is 1. The summed E-state index contributed by atoms with van der Waals surface area (Å²) >= 11 is 0. The normalized spacial score (nSPS) is 17.6. The largest absolute Gasteiger partial charge is 0.507 e. The molecule has 4 rings (SSSR count). The van der Waals surface area contributed by atoms with E-state index >= 15 is 0 Å². The average molecular weight is 476 g/mol. The van der Waals surface area contributed by atoms with E-state index in [1.807, 2.05) is 49.5 Å². The standard InChI is InChI=1S/C28H33N3O4/c1-4-5-8-17-35-20-13-11-19(12-14-20)26(32)24-25(22-18-29-23-10-7-6-9-21(22)23)31(16-15-30(2)3)28(34)27(24)33/h6-7,9-14,18,25,29,32H,4-5,8,15-17H2,1-3H3/b26-24+. The van der Waals surface area contributed by atoms with Crippen LogP contribution in [-0.2, 0) is 9.59 Å². The Hall–Kier alpha value is -3.58. The number of aromatic nitrogens is 1. The van der Waals surface area contributed by atoms with Crippen molar-refractivity contribution in [3.63, 3.8) is 0 Å². The zero-order chi connectivity index (χ0) is 24.9. The van der Waals surface area contributed by atoms with Gasteiger partial charge in [-0.15, -0.1) is 0 Å². The molecule has 35 heavy (non-hydrogen) atoms. The Bertz CT molecular complexity index is 1230. The lowest BCUT2D eigenvalue weighted by molar-refractivity contribution is -0.140. The molecule has 7 heteroatoms. The minimum absolute atomic E-state index is 0.107. The lowest BCUT2D eigenvalue weighted by atomic mass is 9.95. The van der Waals surface area contributed by atoms with E-state index in [2.05, 4.69) is 11.9 Å². The van der Waals surface area contributed by atoms with Gasteiger partial charge in [-0.25, -0.2) is 0 Å². The second kappa shape index (κ2) is 10.8. The summed E-state index contributed by atoms with van der Waals surface area (Å²) in [6.45, 7) is 3.74. The fourth-order valence-corrected chi connectivity index (χ4v) is 4.47. The highest BCUT2D eigenvalue weighted by Crippen LogP contribution is 2.41. The summed E-state index contributed by atoms with van der Waals surface area (Å²) < 4.78 is 5.77. The first-order chi connectivity index (χ1) is 16.9. The molecule has 1 aliphatic rings. The minimum atomic E-state index is -0.684. The molecule has 0 saturated carbocycles. The predicted molar refractivity (Wildman–Crippen MR) is 137 cm³/mol. The Morgan fingerprint density at radius 1 is 1.09 bits per heavy atom. The molecule has 1 saturated heterocycles. The van der Waals surface area contributed by atoms with Crippen LogP contribution < -0.4 is 4.74 Å². The van der Waals surface area contributed by atoms with Crippen LogP contribution in [-0.4, -0.2) is 65.4 Å². The number of ether oxygens (including phenoxy) is 1. The summed E-state index contributed by atoms with van der Waals surface area (Å²) in [6.07, 6.45) is 5.05. The van der Waals surface area contributed by atoms with Crippen molar-refractivity contribution in [3.05, 3.63) is 71.4 Å². The molecule has 1 fully saturated rings. The first-order valence-electron chi connectivity index (χ1n) is 12.1. The van der Waals surface area contributed by atoms with Crippen LogP contribution in [0.4, 0.5) is 0 Å². The van der Waals surface area contributed by atoms with E-state index in [4.69, 9.17) is 4.74 Å². The molecule has 1 aliphatic heterocycles. The number of Topliss-reactive ketones (excluding diaryl/α,β-unsaturated/α-hetero) is 1.